The van der Waals surface area contributed by atoms with Gasteiger partial charge in [0.05, 0.1) is 0 Å². The van der Waals surface area contributed by atoms with Gasteiger partial charge < -0.3 is 15.2 Å². The molecule has 0 spiro atoms. The number of aromatic nitrogens is 3. The summed E-state index contributed by atoms with van der Waals surface area (Å²) in [5.74, 6) is -0.0568. The topological polar surface area (TPSA) is 91.0 Å². The average Bonchev–Trinajstić information content (AvgIpc) is 3.46. The molecule has 1 unspecified atom stereocenters. The molecule has 7 nitrogen and oxygen atoms in total. The highest BCUT2D eigenvalue weighted by molar-refractivity contribution is 7.21. The van der Waals surface area contributed by atoms with E-state index in [0.29, 0.717) is 34.4 Å². The number of carbonyl (C=O) groups is 1. The van der Waals surface area contributed by atoms with Crippen molar-refractivity contribution in [2.24, 2.45) is 0 Å². The largest absolute Gasteiger partial charge is 0.350 e. The maximum atomic E-state index is 13.2. The lowest BCUT2D eigenvalue weighted by Crippen LogP contribution is -2.43. The molecule has 3 heterocycles. The molecule has 1 atom stereocenters. The van der Waals surface area contributed by atoms with E-state index in [2.05, 4.69) is 20.3 Å². The van der Waals surface area contributed by atoms with Crippen molar-refractivity contribution in [3.63, 3.8) is 0 Å². The normalized spacial score (nSPS) is 15.9. The maximum Gasteiger partial charge on any atom is 0.278 e. The number of benzene rings is 2. The lowest BCUT2D eigenvalue weighted by atomic mass is 10.2. The van der Waals surface area contributed by atoms with Crippen molar-refractivity contribution in [3.8, 4) is 11.4 Å². The number of fused-ring (bicyclic) bond motifs is 1. The van der Waals surface area contributed by atoms with Crippen LogP contribution in [-0.2, 0) is 11.3 Å². The van der Waals surface area contributed by atoms with Crippen molar-refractivity contribution in [1.82, 2.24) is 20.3 Å². The van der Waals surface area contributed by atoms with Crippen LogP contribution >= 0.6 is 11.3 Å². The molecular weight excluding hydrogens is 429 g/mol. The number of hydrogen-bond donors (Lipinski definition) is 2. The smallest absolute Gasteiger partial charge is 0.278 e. The van der Waals surface area contributed by atoms with Gasteiger partial charge in [-0.1, -0.05) is 41.7 Å². The molecule has 32 heavy (non-hydrogen) atoms. The molecule has 4 aromatic rings. The molecule has 1 fully saturated rings. The number of nitrogens with zero attached hydrogens (tertiary/aromatic N) is 3. The van der Waals surface area contributed by atoms with Crippen molar-refractivity contribution in [1.29, 1.82) is 0 Å². The van der Waals surface area contributed by atoms with Crippen molar-refractivity contribution in [3.05, 3.63) is 76.3 Å². The van der Waals surface area contributed by atoms with Crippen molar-refractivity contribution in [2.75, 3.05) is 11.4 Å². The highest BCUT2D eigenvalue weighted by Gasteiger charge is 2.33. The van der Waals surface area contributed by atoms with E-state index in [1.807, 2.05) is 35.2 Å². The minimum absolute atomic E-state index is 0.0560. The van der Waals surface area contributed by atoms with E-state index >= 15 is 0 Å². The number of carbonyl (C=O) groups excluding carboxylic acids is 1. The van der Waals surface area contributed by atoms with Crippen LogP contribution in [0.3, 0.4) is 0 Å². The molecule has 1 aliphatic rings. The minimum Gasteiger partial charge on any atom is -0.350 e. The van der Waals surface area contributed by atoms with Crippen LogP contribution in [0, 0.1) is 5.82 Å². The third kappa shape index (κ3) is 3.99. The summed E-state index contributed by atoms with van der Waals surface area (Å²) in [4.78, 5) is 39.6. The van der Waals surface area contributed by atoms with E-state index in [1.165, 1.54) is 23.5 Å². The summed E-state index contributed by atoms with van der Waals surface area (Å²) in [6.07, 6.45) is 1.59. The zero-order valence-electron chi connectivity index (χ0n) is 17.0. The van der Waals surface area contributed by atoms with Crippen LogP contribution in [-0.4, -0.2) is 33.4 Å². The van der Waals surface area contributed by atoms with Gasteiger partial charge in [0, 0.05) is 18.7 Å². The molecule has 0 saturated carbocycles. The van der Waals surface area contributed by atoms with Crippen LogP contribution in [0.25, 0.3) is 21.7 Å². The number of H-pyrrole nitrogens is 1. The monoisotopic (exact) mass is 449 g/mol. The van der Waals surface area contributed by atoms with Gasteiger partial charge >= 0.3 is 0 Å². The van der Waals surface area contributed by atoms with E-state index in [9.17, 15) is 14.0 Å². The Morgan fingerprint density at radius 2 is 1.94 bits per heavy atom. The van der Waals surface area contributed by atoms with Gasteiger partial charge in [-0.3, -0.25) is 9.59 Å². The maximum absolute atomic E-state index is 13.2. The molecule has 0 bridgehead atoms. The Morgan fingerprint density at radius 3 is 2.72 bits per heavy atom. The van der Waals surface area contributed by atoms with E-state index in [-0.39, 0.29) is 28.8 Å². The zero-order valence-corrected chi connectivity index (χ0v) is 17.9. The first-order valence-electron chi connectivity index (χ1n) is 10.3. The van der Waals surface area contributed by atoms with Gasteiger partial charge in [0.2, 0.25) is 5.91 Å². The van der Waals surface area contributed by atoms with E-state index in [4.69, 9.17) is 0 Å². The average molecular weight is 450 g/mol. The fourth-order valence-corrected chi connectivity index (χ4v) is 4.88. The van der Waals surface area contributed by atoms with Crippen LogP contribution in [0.2, 0.25) is 0 Å². The van der Waals surface area contributed by atoms with E-state index < -0.39 is 0 Å². The molecule has 1 aliphatic heterocycles. The highest BCUT2D eigenvalue weighted by Crippen LogP contribution is 2.32. The molecule has 0 radical (unpaired) electrons. The second kappa shape index (κ2) is 8.51. The number of halogens is 1. The van der Waals surface area contributed by atoms with Crippen LogP contribution in [0.4, 0.5) is 9.52 Å². The molecule has 2 N–H and O–H groups in total. The molecule has 0 aliphatic carbocycles. The van der Waals surface area contributed by atoms with Gasteiger partial charge in [0.25, 0.3) is 5.56 Å². The van der Waals surface area contributed by atoms with E-state index in [1.54, 1.807) is 12.1 Å². The second-order valence-electron chi connectivity index (χ2n) is 7.63. The predicted molar refractivity (Wildman–Crippen MR) is 122 cm³/mol. The zero-order chi connectivity index (χ0) is 22.1. The molecule has 9 heteroatoms. The second-order valence-corrected chi connectivity index (χ2v) is 8.58. The van der Waals surface area contributed by atoms with E-state index in [0.717, 1.165) is 18.4 Å². The third-order valence-electron chi connectivity index (χ3n) is 5.49. The Bertz CT molecular complexity index is 1320. The van der Waals surface area contributed by atoms with Gasteiger partial charge in [0.15, 0.2) is 15.5 Å². The summed E-state index contributed by atoms with van der Waals surface area (Å²) in [7, 11) is 0. The standard InChI is InChI=1S/C23H20FN5O2S/c24-16-10-8-15(9-11-16)19-27-21(31)18-22(28-19)32-23(26-18)29-12-4-7-17(29)20(30)25-13-14-5-2-1-3-6-14/h1-3,5-6,8-11,17H,4,7,12-13H2,(H,25,30)(H,27,28,31). The minimum atomic E-state index is -0.360. The lowest BCUT2D eigenvalue weighted by Gasteiger charge is -2.23. The van der Waals surface area contributed by atoms with Crippen LogP contribution in [0.15, 0.2) is 59.4 Å². The number of rotatable bonds is 5. The molecule has 1 saturated heterocycles. The number of thiazole rings is 1. The number of hydrogen-bond acceptors (Lipinski definition) is 6. The first-order valence-corrected chi connectivity index (χ1v) is 11.2. The number of amides is 1. The first-order chi connectivity index (χ1) is 15.6. The van der Waals surface area contributed by atoms with Crippen molar-refractivity contribution >= 4 is 32.7 Å². The van der Waals surface area contributed by atoms with Crippen LogP contribution in [0.1, 0.15) is 18.4 Å². The lowest BCUT2D eigenvalue weighted by molar-refractivity contribution is -0.122. The van der Waals surface area contributed by atoms with Crippen LogP contribution < -0.4 is 15.8 Å². The van der Waals surface area contributed by atoms with Crippen LogP contribution in [0.5, 0.6) is 0 Å². The third-order valence-corrected chi connectivity index (χ3v) is 6.47. The number of aromatic amines is 1. The Labute approximate surface area is 187 Å². The van der Waals surface area contributed by atoms with Crippen molar-refractivity contribution < 1.29 is 9.18 Å². The number of anilines is 1. The first kappa shape index (κ1) is 20.3. The molecule has 1 amide bonds. The summed E-state index contributed by atoms with van der Waals surface area (Å²) < 4.78 is 13.2. The molecule has 162 valence electrons. The summed E-state index contributed by atoms with van der Waals surface area (Å²) in [6, 6.07) is 15.2. The fourth-order valence-electron chi connectivity index (χ4n) is 3.86. The molecule has 5 rings (SSSR count). The molecule has 2 aromatic carbocycles. The Morgan fingerprint density at radius 1 is 1.16 bits per heavy atom. The van der Waals surface area contributed by atoms with Crippen molar-refractivity contribution in [2.45, 2.75) is 25.4 Å². The summed E-state index contributed by atoms with van der Waals surface area (Å²) in [5.41, 5.74) is 1.53. The quantitative estimate of drug-likeness (QED) is 0.487. The Kier molecular flexibility index (Phi) is 5.40. The highest BCUT2D eigenvalue weighted by atomic mass is 32.1. The summed E-state index contributed by atoms with van der Waals surface area (Å²) in [6.45, 7) is 1.15. The van der Waals surface area contributed by atoms with Gasteiger partial charge in [-0.05, 0) is 42.7 Å². The van der Waals surface area contributed by atoms with Gasteiger partial charge in [0.1, 0.15) is 17.7 Å². The molecular formula is C23H20FN5O2S. The fraction of sp³-hybridized carbons (Fsp3) is 0.217. The Balaban J connectivity index is 1.39. The predicted octanol–water partition coefficient (Wildman–Crippen LogP) is 3.47. The molecule has 2 aromatic heterocycles. The SMILES string of the molecule is O=C(NCc1ccccc1)C1CCCN1c1nc2c(=O)[nH]c(-c3ccc(F)cc3)nc2s1. The summed E-state index contributed by atoms with van der Waals surface area (Å²) >= 11 is 1.29. The van der Waals surface area contributed by atoms with Gasteiger partial charge in [-0.2, -0.15) is 0 Å². The van der Waals surface area contributed by atoms with Gasteiger partial charge in [-0.15, -0.1) is 0 Å². The number of nitrogens with one attached hydrogen (secondary N) is 2. The van der Waals surface area contributed by atoms with Gasteiger partial charge in [-0.25, -0.2) is 14.4 Å². The Hall–Kier alpha value is -3.59. The summed E-state index contributed by atoms with van der Waals surface area (Å²) in [5, 5.41) is 3.61.